The van der Waals surface area contributed by atoms with Crippen molar-refractivity contribution in [3.63, 3.8) is 0 Å². The molecule has 0 spiro atoms. The van der Waals surface area contributed by atoms with Crippen molar-refractivity contribution >= 4 is 5.96 Å². The maximum absolute atomic E-state index is 5.58. The summed E-state index contributed by atoms with van der Waals surface area (Å²) in [6.07, 6.45) is 3.35. The van der Waals surface area contributed by atoms with E-state index < -0.39 is 0 Å². The Morgan fingerprint density at radius 3 is 2.33 bits per heavy atom. The van der Waals surface area contributed by atoms with Crippen LogP contribution >= 0.6 is 0 Å². The van der Waals surface area contributed by atoms with E-state index in [9.17, 15) is 0 Å². The fourth-order valence-electron chi connectivity index (χ4n) is 2.35. The molecule has 0 bridgehead atoms. The first-order valence-corrected chi connectivity index (χ1v) is 10.00. The van der Waals surface area contributed by atoms with Crippen molar-refractivity contribution in [1.82, 2.24) is 10.6 Å². The molecule has 0 saturated carbocycles. The molecule has 0 aliphatic heterocycles. The minimum absolute atomic E-state index is 0.298. The number of rotatable bonds is 14. The van der Waals surface area contributed by atoms with Crippen LogP contribution in [0.5, 0.6) is 5.75 Å². The highest BCUT2D eigenvalue weighted by atomic mass is 16.5. The molecule has 6 nitrogen and oxygen atoms in total. The molecule has 0 amide bonds. The highest BCUT2D eigenvalue weighted by molar-refractivity contribution is 5.79. The Balaban J connectivity index is 2.42. The van der Waals surface area contributed by atoms with Crippen molar-refractivity contribution in [2.24, 2.45) is 4.99 Å². The summed E-state index contributed by atoms with van der Waals surface area (Å²) < 4.78 is 16.2. The summed E-state index contributed by atoms with van der Waals surface area (Å²) >= 11 is 0. The number of hydrogen-bond donors (Lipinski definition) is 2. The number of unbranched alkanes of at least 4 members (excludes halogenated alkanes) is 1. The van der Waals surface area contributed by atoms with Gasteiger partial charge < -0.3 is 24.8 Å². The molecule has 1 aromatic rings. The first-order chi connectivity index (χ1) is 13.2. The van der Waals surface area contributed by atoms with E-state index in [2.05, 4.69) is 24.5 Å². The summed E-state index contributed by atoms with van der Waals surface area (Å²) in [7, 11) is 1.67. The van der Waals surface area contributed by atoms with Gasteiger partial charge in [0.1, 0.15) is 5.75 Å². The normalized spacial score (nSPS) is 11.7. The van der Waals surface area contributed by atoms with Gasteiger partial charge in [0.25, 0.3) is 0 Å². The zero-order valence-corrected chi connectivity index (χ0v) is 17.4. The first kappa shape index (κ1) is 23.2. The largest absolute Gasteiger partial charge is 0.497 e. The molecular formula is C21H37N3O3. The summed E-state index contributed by atoms with van der Waals surface area (Å²) in [6, 6.07) is 8.00. The van der Waals surface area contributed by atoms with Gasteiger partial charge in [0.05, 0.1) is 19.8 Å². The fraction of sp³-hybridized carbons (Fsp3) is 0.667. The van der Waals surface area contributed by atoms with E-state index in [-0.39, 0.29) is 0 Å². The van der Waals surface area contributed by atoms with Crippen molar-refractivity contribution in [3.8, 4) is 5.75 Å². The van der Waals surface area contributed by atoms with Gasteiger partial charge in [-0.3, -0.25) is 0 Å². The van der Waals surface area contributed by atoms with Gasteiger partial charge in [-0.1, -0.05) is 12.1 Å². The Bertz CT molecular complexity index is 504. The number of benzene rings is 1. The minimum Gasteiger partial charge on any atom is -0.497 e. The molecule has 0 radical (unpaired) electrons. The monoisotopic (exact) mass is 379 g/mol. The Morgan fingerprint density at radius 2 is 1.70 bits per heavy atom. The zero-order chi connectivity index (χ0) is 19.7. The van der Waals surface area contributed by atoms with E-state index in [4.69, 9.17) is 19.2 Å². The Hall–Kier alpha value is -1.79. The summed E-state index contributed by atoms with van der Waals surface area (Å²) in [6.45, 7) is 10.8. The van der Waals surface area contributed by atoms with E-state index >= 15 is 0 Å². The molecule has 0 atom stereocenters. The lowest BCUT2D eigenvalue weighted by Crippen LogP contribution is -2.38. The van der Waals surface area contributed by atoms with Crippen LogP contribution in [0, 0.1) is 0 Å². The van der Waals surface area contributed by atoms with Crippen LogP contribution in [0.1, 0.15) is 45.6 Å². The average Bonchev–Trinajstić information content (AvgIpc) is 2.68. The molecule has 0 heterocycles. The van der Waals surface area contributed by atoms with E-state index in [1.54, 1.807) is 7.11 Å². The highest BCUT2D eigenvalue weighted by Crippen LogP contribution is 2.11. The molecule has 0 aromatic heterocycles. The lowest BCUT2D eigenvalue weighted by molar-refractivity contribution is 0.0762. The third kappa shape index (κ3) is 12.3. The van der Waals surface area contributed by atoms with Crippen LogP contribution in [0.4, 0.5) is 0 Å². The maximum atomic E-state index is 5.58. The van der Waals surface area contributed by atoms with Gasteiger partial charge in [0, 0.05) is 32.9 Å². The van der Waals surface area contributed by atoms with Crippen molar-refractivity contribution < 1.29 is 14.2 Å². The number of methoxy groups -OCH3 is 1. The number of guanidine groups is 1. The predicted octanol–water partition coefficient (Wildman–Crippen LogP) is 3.36. The van der Waals surface area contributed by atoms with Gasteiger partial charge >= 0.3 is 0 Å². The van der Waals surface area contributed by atoms with Crippen molar-refractivity contribution in [2.75, 3.05) is 40.0 Å². The second kappa shape index (κ2) is 15.3. The number of ether oxygens (including phenoxy) is 3. The first-order valence-electron chi connectivity index (χ1n) is 10.00. The van der Waals surface area contributed by atoms with Gasteiger partial charge in [0.15, 0.2) is 5.96 Å². The van der Waals surface area contributed by atoms with Crippen molar-refractivity contribution in [3.05, 3.63) is 29.8 Å². The van der Waals surface area contributed by atoms with Crippen LogP contribution < -0.4 is 15.4 Å². The maximum Gasteiger partial charge on any atom is 0.191 e. The Labute approximate surface area is 164 Å². The number of nitrogens with zero attached hydrogens (tertiary/aromatic N) is 1. The molecule has 27 heavy (non-hydrogen) atoms. The molecule has 0 saturated heterocycles. The summed E-state index contributed by atoms with van der Waals surface area (Å²) in [5, 5.41) is 6.79. The molecule has 0 aliphatic carbocycles. The van der Waals surface area contributed by atoms with Crippen LogP contribution in [0.2, 0.25) is 0 Å². The molecule has 1 rings (SSSR count). The van der Waals surface area contributed by atoms with Crippen LogP contribution in [0.15, 0.2) is 29.3 Å². The molecule has 0 aliphatic rings. The van der Waals surface area contributed by atoms with E-state index in [1.165, 1.54) is 0 Å². The van der Waals surface area contributed by atoms with E-state index in [0.717, 1.165) is 69.4 Å². The molecule has 0 fully saturated rings. The Kier molecular flexibility index (Phi) is 13.2. The second-order valence-electron chi connectivity index (χ2n) is 6.54. The Morgan fingerprint density at radius 1 is 1.00 bits per heavy atom. The van der Waals surface area contributed by atoms with Crippen LogP contribution in [0.3, 0.4) is 0 Å². The summed E-state index contributed by atoms with van der Waals surface area (Å²) in [4.78, 5) is 4.69. The number of nitrogens with one attached hydrogen (secondary N) is 2. The average molecular weight is 380 g/mol. The third-order valence-corrected chi connectivity index (χ3v) is 3.86. The van der Waals surface area contributed by atoms with Gasteiger partial charge in [-0.05, 0) is 57.7 Å². The van der Waals surface area contributed by atoms with Crippen molar-refractivity contribution in [2.45, 2.75) is 52.7 Å². The van der Waals surface area contributed by atoms with Crippen LogP contribution in [0.25, 0.3) is 0 Å². The van der Waals surface area contributed by atoms with Crippen LogP contribution in [-0.2, 0) is 16.0 Å². The standard InChI is InChI=1S/C21H37N3O3/c1-5-26-15-8-14-23-21(22-13-6-7-16-27-18(2)3)24-17-19-9-11-20(25-4)12-10-19/h9-12,18H,5-8,13-17H2,1-4H3,(H2,22,23,24). The molecule has 1 aromatic carbocycles. The van der Waals surface area contributed by atoms with Gasteiger partial charge in [-0.15, -0.1) is 0 Å². The van der Waals surface area contributed by atoms with Crippen LogP contribution in [-0.4, -0.2) is 52.1 Å². The van der Waals surface area contributed by atoms with E-state index in [0.29, 0.717) is 12.6 Å². The predicted molar refractivity (Wildman–Crippen MR) is 112 cm³/mol. The van der Waals surface area contributed by atoms with Gasteiger partial charge in [-0.25, -0.2) is 4.99 Å². The minimum atomic E-state index is 0.298. The lowest BCUT2D eigenvalue weighted by Gasteiger charge is -2.13. The zero-order valence-electron chi connectivity index (χ0n) is 17.4. The second-order valence-corrected chi connectivity index (χ2v) is 6.54. The lowest BCUT2D eigenvalue weighted by atomic mass is 10.2. The molecule has 154 valence electrons. The number of aliphatic imine (C=N–C) groups is 1. The quantitative estimate of drug-likeness (QED) is 0.295. The topological polar surface area (TPSA) is 64.1 Å². The summed E-state index contributed by atoms with van der Waals surface area (Å²) in [5.41, 5.74) is 1.15. The fourth-order valence-corrected chi connectivity index (χ4v) is 2.35. The summed E-state index contributed by atoms with van der Waals surface area (Å²) in [5.74, 6) is 1.70. The van der Waals surface area contributed by atoms with Crippen molar-refractivity contribution in [1.29, 1.82) is 0 Å². The smallest absolute Gasteiger partial charge is 0.191 e. The number of hydrogen-bond acceptors (Lipinski definition) is 4. The molecule has 0 unspecified atom stereocenters. The molecule has 2 N–H and O–H groups in total. The van der Waals surface area contributed by atoms with E-state index in [1.807, 2.05) is 31.2 Å². The molecular weight excluding hydrogens is 342 g/mol. The third-order valence-electron chi connectivity index (χ3n) is 3.86. The van der Waals surface area contributed by atoms with Gasteiger partial charge in [0.2, 0.25) is 0 Å². The van der Waals surface area contributed by atoms with Gasteiger partial charge in [-0.2, -0.15) is 0 Å². The molecule has 6 heteroatoms. The highest BCUT2D eigenvalue weighted by Gasteiger charge is 2.00. The SMILES string of the molecule is CCOCCCNC(=NCc1ccc(OC)cc1)NCCCCOC(C)C.